The topological polar surface area (TPSA) is 64.6 Å². The van der Waals surface area contributed by atoms with E-state index in [4.69, 9.17) is 11.6 Å². The highest BCUT2D eigenvalue weighted by Gasteiger charge is 2.18. The van der Waals surface area contributed by atoms with E-state index in [1.807, 2.05) is 6.92 Å². The number of nitrogens with one attached hydrogen (secondary N) is 1. The molecule has 0 aliphatic carbocycles. The lowest BCUT2D eigenvalue weighted by Gasteiger charge is -2.14. The normalized spacial score (nSPS) is 11.0. The van der Waals surface area contributed by atoms with Crippen molar-refractivity contribution in [3.05, 3.63) is 37.4 Å². The van der Waals surface area contributed by atoms with Crippen LogP contribution in [0.1, 0.15) is 5.56 Å². The second-order valence-corrected chi connectivity index (χ2v) is 5.90. The fraction of sp³-hybridized carbons (Fsp3) is 0.231. The van der Waals surface area contributed by atoms with Gasteiger partial charge in [-0.1, -0.05) is 11.6 Å². The summed E-state index contributed by atoms with van der Waals surface area (Å²) < 4.78 is 10.3. The molecule has 0 amide bonds. The number of benzene rings is 1. The maximum Gasteiger partial charge on any atom is 0.354 e. The summed E-state index contributed by atoms with van der Waals surface area (Å²) in [6.07, 6.45) is 0.998. The average molecular weight is 442 g/mol. The van der Waals surface area contributed by atoms with E-state index >= 15 is 0 Å². The van der Waals surface area contributed by atoms with E-state index < -0.39 is 11.9 Å². The van der Waals surface area contributed by atoms with E-state index in [-0.39, 0.29) is 5.70 Å². The minimum absolute atomic E-state index is 0.0781. The number of hydrogen-bond acceptors (Lipinski definition) is 5. The Bertz CT molecular complexity index is 617. The van der Waals surface area contributed by atoms with Crippen molar-refractivity contribution in [1.29, 1.82) is 0 Å². The third-order valence-electron chi connectivity index (χ3n) is 2.47. The van der Waals surface area contributed by atoms with Crippen LogP contribution in [0.2, 0.25) is 5.02 Å². The number of halogens is 3. The largest absolute Gasteiger partial charge is 0.466 e. The summed E-state index contributed by atoms with van der Waals surface area (Å²) in [7, 11) is 2.42. The van der Waals surface area contributed by atoms with Gasteiger partial charge in [-0.25, -0.2) is 9.59 Å². The first-order valence-corrected chi connectivity index (χ1v) is 7.57. The zero-order valence-corrected chi connectivity index (χ0v) is 15.3. The second kappa shape index (κ2) is 7.82. The van der Waals surface area contributed by atoms with Crippen LogP contribution in [-0.4, -0.2) is 26.2 Å². The second-order valence-electron chi connectivity index (χ2n) is 3.88. The van der Waals surface area contributed by atoms with Gasteiger partial charge >= 0.3 is 11.9 Å². The van der Waals surface area contributed by atoms with Crippen molar-refractivity contribution in [3.63, 3.8) is 0 Å². The molecule has 0 unspecified atom stereocenters. The first-order valence-electron chi connectivity index (χ1n) is 5.60. The Hall–Kier alpha value is -1.05. The number of aryl methyl sites for hydroxylation is 1. The van der Waals surface area contributed by atoms with Gasteiger partial charge in [-0.15, -0.1) is 0 Å². The van der Waals surface area contributed by atoms with E-state index in [1.54, 1.807) is 6.07 Å². The zero-order chi connectivity index (χ0) is 16.2. The predicted molar refractivity (Wildman–Crippen MR) is 87.3 cm³/mol. The van der Waals surface area contributed by atoms with Gasteiger partial charge in [0.15, 0.2) is 0 Å². The first-order chi connectivity index (χ1) is 9.81. The van der Waals surface area contributed by atoms with Crippen LogP contribution in [0.25, 0.3) is 0 Å². The lowest BCUT2D eigenvalue weighted by molar-refractivity contribution is -0.138. The number of anilines is 1. The number of hydrogen-bond donors (Lipinski definition) is 1. The molecular weight excluding hydrogens is 429 g/mol. The number of esters is 2. The van der Waals surface area contributed by atoms with Crippen LogP contribution in [0.3, 0.4) is 0 Å². The van der Waals surface area contributed by atoms with Crippen molar-refractivity contribution in [2.24, 2.45) is 0 Å². The van der Waals surface area contributed by atoms with Gasteiger partial charge in [-0.05, 0) is 50.4 Å². The van der Waals surface area contributed by atoms with Crippen LogP contribution in [0.15, 0.2) is 26.8 Å². The number of ether oxygens (including phenoxy) is 2. The Balaban J connectivity index is 3.28. The Morgan fingerprint density at radius 3 is 2.43 bits per heavy atom. The minimum Gasteiger partial charge on any atom is -0.466 e. The van der Waals surface area contributed by atoms with Gasteiger partial charge in [0.25, 0.3) is 0 Å². The Kier molecular flexibility index (Phi) is 6.70. The van der Waals surface area contributed by atoms with Crippen LogP contribution in [0, 0.1) is 6.92 Å². The van der Waals surface area contributed by atoms with E-state index in [1.165, 1.54) is 14.2 Å². The molecule has 0 fully saturated rings. The van der Waals surface area contributed by atoms with Gasteiger partial charge < -0.3 is 14.8 Å². The van der Waals surface area contributed by atoms with E-state index in [2.05, 4.69) is 46.7 Å². The number of rotatable bonds is 4. The molecule has 0 bridgehead atoms. The molecule has 0 saturated carbocycles. The lowest BCUT2D eigenvalue weighted by Crippen LogP contribution is -2.16. The van der Waals surface area contributed by atoms with Crippen molar-refractivity contribution in [1.82, 2.24) is 0 Å². The molecule has 114 valence electrons. The summed E-state index contributed by atoms with van der Waals surface area (Å²) in [5.41, 5.74) is 1.26. The monoisotopic (exact) mass is 439 g/mol. The SMILES string of the molecule is COC(=O)/C=C(/Nc1c(Br)cc(C)c(Cl)c1Br)C(=O)OC. The first kappa shape index (κ1) is 18.0. The van der Waals surface area contributed by atoms with E-state index in [0.29, 0.717) is 19.7 Å². The molecule has 1 aromatic carbocycles. The highest BCUT2D eigenvalue weighted by molar-refractivity contribution is 9.11. The third-order valence-corrected chi connectivity index (χ3v) is 4.60. The number of methoxy groups -OCH3 is 2. The summed E-state index contributed by atoms with van der Waals surface area (Å²) >= 11 is 12.9. The smallest absolute Gasteiger partial charge is 0.354 e. The van der Waals surface area contributed by atoms with Gasteiger partial charge in [-0.3, -0.25) is 0 Å². The summed E-state index contributed by atoms with van der Waals surface area (Å²) in [5.74, 6) is -1.40. The highest BCUT2D eigenvalue weighted by Crippen LogP contribution is 2.39. The molecule has 0 heterocycles. The van der Waals surface area contributed by atoms with E-state index in [9.17, 15) is 9.59 Å². The molecule has 0 atom stereocenters. The molecule has 0 aliphatic heterocycles. The highest BCUT2D eigenvalue weighted by atomic mass is 79.9. The molecule has 5 nitrogen and oxygen atoms in total. The van der Waals surface area contributed by atoms with Crippen LogP contribution in [0.4, 0.5) is 5.69 Å². The van der Waals surface area contributed by atoms with Crippen molar-refractivity contribution >= 4 is 61.1 Å². The maximum absolute atomic E-state index is 11.7. The molecule has 0 aliphatic rings. The third kappa shape index (κ3) is 4.46. The van der Waals surface area contributed by atoms with Crippen molar-refractivity contribution in [2.45, 2.75) is 6.92 Å². The molecule has 1 rings (SSSR count). The Morgan fingerprint density at radius 2 is 1.90 bits per heavy atom. The van der Waals surface area contributed by atoms with Gasteiger partial charge in [0.2, 0.25) is 0 Å². The molecule has 8 heteroatoms. The van der Waals surface area contributed by atoms with Crippen LogP contribution in [0.5, 0.6) is 0 Å². The molecule has 0 spiro atoms. The lowest BCUT2D eigenvalue weighted by atomic mass is 10.2. The van der Waals surface area contributed by atoms with Crippen LogP contribution < -0.4 is 5.32 Å². The summed E-state index contributed by atoms with van der Waals surface area (Å²) in [6, 6.07) is 1.78. The fourth-order valence-electron chi connectivity index (χ4n) is 1.40. The summed E-state index contributed by atoms with van der Waals surface area (Å²) in [4.78, 5) is 23.0. The molecule has 1 N–H and O–H groups in total. The Morgan fingerprint density at radius 1 is 1.29 bits per heavy atom. The predicted octanol–water partition coefficient (Wildman–Crippen LogP) is 3.82. The standard InChI is InChI=1S/C13H12Br2ClNO4/c1-6-4-7(14)12(10(15)11(6)16)17-8(13(19)21-3)5-9(18)20-2/h4-5,17H,1-3H3/b8-5+. The molecule has 0 aromatic heterocycles. The van der Waals surface area contributed by atoms with Crippen LogP contribution >= 0.6 is 43.5 Å². The summed E-state index contributed by atoms with van der Waals surface area (Å²) in [6.45, 7) is 1.84. The quantitative estimate of drug-likeness (QED) is 0.437. The molecular formula is C13H12Br2ClNO4. The molecule has 1 aromatic rings. The molecule has 0 radical (unpaired) electrons. The van der Waals surface area contributed by atoms with Gasteiger partial charge in [-0.2, -0.15) is 0 Å². The van der Waals surface area contributed by atoms with Crippen molar-refractivity contribution in [3.8, 4) is 0 Å². The number of carbonyl (C=O) groups excluding carboxylic acids is 2. The zero-order valence-electron chi connectivity index (χ0n) is 11.4. The van der Waals surface area contributed by atoms with Crippen LogP contribution in [-0.2, 0) is 19.1 Å². The van der Waals surface area contributed by atoms with Gasteiger partial charge in [0.05, 0.1) is 35.5 Å². The number of carbonyl (C=O) groups is 2. The average Bonchev–Trinajstić information content (AvgIpc) is 2.46. The van der Waals surface area contributed by atoms with Gasteiger partial charge in [0.1, 0.15) is 5.70 Å². The summed E-state index contributed by atoms with van der Waals surface area (Å²) in [5, 5.41) is 3.30. The van der Waals surface area contributed by atoms with E-state index in [0.717, 1.165) is 11.6 Å². The minimum atomic E-state index is -0.712. The maximum atomic E-state index is 11.7. The molecule has 21 heavy (non-hydrogen) atoms. The Labute approximate surface area is 143 Å². The fourth-order valence-corrected chi connectivity index (χ4v) is 3.08. The van der Waals surface area contributed by atoms with Crippen molar-refractivity contribution in [2.75, 3.05) is 19.5 Å². The molecule has 0 saturated heterocycles. The van der Waals surface area contributed by atoms with Gasteiger partial charge in [0, 0.05) is 4.47 Å². The van der Waals surface area contributed by atoms with Crippen molar-refractivity contribution < 1.29 is 19.1 Å².